The summed E-state index contributed by atoms with van der Waals surface area (Å²) in [4.78, 5) is 23.2. The number of rotatable bonds is 6. The van der Waals surface area contributed by atoms with Crippen molar-refractivity contribution in [2.24, 2.45) is 5.92 Å². The van der Waals surface area contributed by atoms with Gasteiger partial charge in [0.05, 0.1) is 19.8 Å². The summed E-state index contributed by atoms with van der Waals surface area (Å²) in [7, 11) is 2.14. The van der Waals surface area contributed by atoms with Gasteiger partial charge in [-0.3, -0.25) is 14.7 Å². The van der Waals surface area contributed by atoms with Crippen molar-refractivity contribution in [2.45, 2.75) is 13.0 Å². The molecule has 0 bridgehead atoms. The highest BCUT2D eigenvalue weighted by Gasteiger charge is 2.28. The second-order valence-corrected chi connectivity index (χ2v) is 6.94. The number of carbonyl (C=O) groups excluding carboxylic acids is 1. The van der Waals surface area contributed by atoms with Crippen molar-refractivity contribution in [3.05, 3.63) is 30.1 Å². The summed E-state index contributed by atoms with van der Waals surface area (Å²) in [5, 5.41) is 0. The first-order valence-electron chi connectivity index (χ1n) is 8.86. The molecule has 0 aromatic carbocycles. The third kappa shape index (κ3) is 5.00. The molecule has 0 radical (unpaired) electrons. The molecule has 0 unspecified atom stereocenters. The van der Waals surface area contributed by atoms with Gasteiger partial charge in [0.2, 0.25) is 5.91 Å². The third-order valence-electron chi connectivity index (χ3n) is 4.85. The van der Waals surface area contributed by atoms with E-state index in [9.17, 15) is 4.79 Å². The molecule has 0 saturated carbocycles. The maximum absolute atomic E-state index is 12.5. The second kappa shape index (κ2) is 8.55. The van der Waals surface area contributed by atoms with Crippen LogP contribution >= 0.6 is 0 Å². The topological polar surface area (TPSA) is 48.9 Å². The smallest absolute Gasteiger partial charge is 0.236 e. The van der Waals surface area contributed by atoms with Crippen LogP contribution in [0.1, 0.15) is 12.0 Å². The zero-order valence-electron chi connectivity index (χ0n) is 14.6. The molecule has 1 aromatic rings. The first-order valence-corrected chi connectivity index (χ1v) is 8.86. The first-order chi connectivity index (χ1) is 11.7. The minimum Gasteiger partial charge on any atom is -0.379 e. The Morgan fingerprint density at radius 3 is 2.96 bits per heavy atom. The lowest BCUT2D eigenvalue weighted by atomic mass is 10.1. The van der Waals surface area contributed by atoms with E-state index in [1.165, 1.54) is 5.56 Å². The Labute approximate surface area is 144 Å². The average Bonchev–Trinajstić information content (AvgIpc) is 3.05. The number of carbonyl (C=O) groups is 1. The Morgan fingerprint density at radius 2 is 2.21 bits per heavy atom. The van der Waals surface area contributed by atoms with Crippen LogP contribution in [-0.4, -0.2) is 85.1 Å². The van der Waals surface area contributed by atoms with Crippen molar-refractivity contribution < 1.29 is 9.53 Å². The van der Waals surface area contributed by atoms with Crippen LogP contribution in [0.3, 0.4) is 0 Å². The van der Waals surface area contributed by atoms with E-state index in [1.807, 2.05) is 17.2 Å². The van der Waals surface area contributed by atoms with Crippen molar-refractivity contribution in [3.8, 4) is 0 Å². The normalized spacial score (nSPS) is 22.2. The molecule has 1 atom stereocenters. The summed E-state index contributed by atoms with van der Waals surface area (Å²) in [6.07, 6.45) is 4.83. The van der Waals surface area contributed by atoms with Gasteiger partial charge >= 0.3 is 0 Å². The Hall–Kier alpha value is -1.50. The number of ether oxygens (including phenoxy) is 1. The number of hydrogen-bond donors (Lipinski definition) is 0. The lowest BCUT2D eigenvalue weighted by Crippen LogP contribution is -2.44. The van der Waals surface area contributed by atoms with Gasteiger partial charge in [-0.2, -0.15) is 0 Å². The lowest BCUT2D eigenvalue weighted by molar-refractivity contribution is -0.132. The summed E-state index contributed by atoms with van der Waals surface area (Å²) in [5.74, 6) is 0.842. The summed E-state index contributed by atoms with van der Waals surface area (Å²) >= 11 is 0. The standard InChI is InChI=1S/C18H28N4O2/c1-20(12-16-3-2-5-19-11-16)13-17-4-6-22(14-17)18(23)15-21-7-9-24-10-8-21/h2-3,5,11,17H,4,6-10,12-15H2,1H3/t17-/m1/s1. The zero-order valence-corrected chi connectivity index (χ0v) is 14.6. The maximum Gasteiger partial charge on any atom is 0.236 e. The van der Waals surface area contributed by atoms with Crippen molar-refractivity contribution in [1.29, 1.82) is 0 Å². The van der Waals surface area contributed by atoms with E-state index in [4.69, 9.17) is 4.74 Å². The van der Waals surface area contributed by atoms with Gasteiger partial charge in [0.25, 0.3) is 0 Å². The second-order valence-electron chi connectivity index (χ2n) is 6.94. The molecule has 0 N–H and O–H groups in total. The molecule has 6 heteroatoms. The van der Waals surface area contributed by atoms with E-state index >= 15 is 0 Å². The number of amides is 1. The predicted octanol–water partition coefficient (Wildman–Crippen LogP) is 0.694. The molecule has 0 aliphatic carbocycles. The van der Waals surface area contributed by atoms with Gasteiger partial charge in [0.1, 0.15) is 0 Å². The fourth-order valence-electron chi connectivity index (χ4n) is 3.57. The van der Waals surface area contributed by atoms with Crippen molar-refractivity contribution in [3.63, 3.8) is 0 Å². The fourth-order valence-corrected chi connectivity index (χ4v) is 3.57. The van der Waals surface area contributed by atoms with Gasteiger partial charge in [-0.05, 0) is 31.0 Å². The molecule has 24 heavy (non-hydrogen) atoms. The molecule has 132 valence electrons. The van der Waals surface area contributed by atoms with Gasteiger partial charge in [-0.1, -0.05) is 6.07 Å². The maximum atomic E-state index is 12.5. The van der Waals surface area contributed by atoms with Gasteiger partial charge < -0.3 is 14.5 Å². The molecular weight excluding hydrogens is 304 g/mol. The molecule has 6 nitrogen and oxygen atoms in total. The van der Waals surface area contributed by atoms with Gasteiger partial charge in [0, 0.05) is 51.7 Å². The molecule has 0 spiro atoms. The minimum absolute atomic E-state index is 0.273. The van der Waals surface area contributed by atoms with E-state index in [1.54, 1.807) is 6.20 Å². The van der Waals surface area contributed by atoms with E-state index in [0.29, 0.717) is 12.5 Å². The first kappa shape index (κ1) is 17.3. The highest BCUT2D eigenvalue weighted by Crippen LogP contribution is 2.18. The van der Waals surface area contributed by atoms with Crippen molar-refractivity contribution in [2.75, 3.05) is 59.5 Å². The molecule has 3 heterocycles. The van der Waals surface area contributed by atoms with Crippen LogP contribution < -0.4 is 0 Å². The Morgan fingerprint density at radius 1 is 1.38 bits per heavy atom. The van der Waals surface area contributed by atoms with Crippen molar-refractivity contribution >= 4 is 5.91 Å². The van der Waals surface area contributed by atoms with Crippen molar-refractivity contribution in [1.82, 2.24) is 19.7 Å². The highest BCUT2D eigenvalue weighted by molar-refractivity contribution is 5.78. The van der Waals surface area contributed by atoms with E-state index in [0.717, 1.165) is 58.9 Å². The number of likely N-dealkylation sites (tertiary alicyclic amines) is 1. The fraction of sp³-hybridized carbons (Fsp3) is 0.667. The monoisotopic (exact) mass is 332 g/mol. The average molecular weight is 332 g/mol. The Bertz CT molecular complexity index is 519. The number of nitrogens with zero attached hydrogens (tertiary/aromatic N) is 4. The molecule has 2 aliphatic heterocycles. The van der Waals surface area contributed by atoms with E-state index in [2.05, 4.69) is 27.9 Å². The molecule has 3 rings (SSSR count). The van der Waals surface area contributed by atoms with Crippen LogP contribution in [-0.2, 0) is 16.1 Å². The summed E-state index contributed by atoms with van der Waals surface area (Å²) < 4.78 is 5.34. The van der Waals surface area contributed by atoms with Gasteiger partial charge in [-0.15, -0.1) is 0 Å². The Kier molecular flexibility index (Phi) is 6.18. The summed E-state index contributed by atoms with van der Waals surface area (Å²) in [6.45, 7) is 7.50. The highest BCUT2D eigenvalue weighted by atomic mass is 16.5. The molecule has 1 amide bonds. The summed E-state index contributed by atoms with van der Waals surface area (Å²) in [5.41, 5.74) is 1.23. The zero-order chi connectivity index (χ0) is 16.8. The van der Waals surface area contributed by atoms with E-state index in [-0.39, 0.29) is 5.91 Å². The van der Waals surface area contributed by atoms with E-state index < -0.39 is 0 Å². The van der Waals surface area contributed by atoms with Gasteiger partial charge in [0.15, 0.2) is 0 Å². The number of aromatic nitrogens is 1. The third-order valence-corrected chi connectivity index (χ3v) is 4.85. The lowest BCUT2D eigenvalue weighted by Gasteiger charge is -2.28. The quantitative estimate of drug-likeness (QED) is 0.767. The van der Waals surface area contributed by atoms with Gasteiger partial charge in [-0.25, -0.2) is 0 Å². The minimum atomic E-state index is 0.273. The molecular formula is C18H28N4O2. The predicted molar refractivity (Wildman–Crippen MR) is 92.5 cm³/mol. The molecule has 1 aromatic heterocycles. The van der Waals surface area contributed by atoms with Crippen LogP contribution in [0.25, 0.3) is 0 Å². The molecule has 2 saturated heterocycles. The van der Waals surface area contributed by atoms with Crippen LogP contribution in [0.15, 0.2) is 24.5 Å². The molecule has 2 fully saturated rings. The number of hydrogen-bond acceptors (Lipinski definition) is 5. The molecule has 2 aliphatic rings. The van der Waals surface area contributed by atoms with Crippen LogP contribution in [0.4, 0.5) is 0 Å². The SMILES string of the molecule is CN(Cc1cccnc1)C[C@H]1CCN(C(=O)CN2CCOCC2)C1. The van der Waals surface area contributed by atoms with Crippen LogP contribution in [0.5, 0.6) is 0 Å². The number of pyridine rings is 1. The number of morpholine rings is 1. The summed E-state index contributed by atoms with van der Waals surface area (Å²) in [6, 6.07) is 4.08. The van der Waals surface area contributed by atoms with Crippen LogP contribution in [0, 0.1) is 5.92 Å². The van der Waals surface area contributed by atoms with Crippen LogP contribution in [0.2, 0.25) is 0 Å². The Balaban J connectivity index is 1.40. The largest absolute Gasteiger partial charge is 0.379 e.